The van der Waals surface area contributed by atoms with Gasteiger partial charge in [0.25, 0.3) is 5.91 Å². The Labute approximate surface area is 208 Å². The highest BCUT2D eigenvalue weighted by Gasteiger charge is 2.51. The molecule has 1 aliphatic carbocycles. The van der Waals surface area contributed by atoms with E-state index in [9.17, 15) is 9.59 Å². The van der Waals surface area contributed by atoms with Crippen LogP contribution in [0.1, 0.15) is 45.5 Å². The number of fused-ring (bicyclic) bond motifs is 1. The first-order chi connectivity index (χ1) is 16.8. The number of aryl methyl sites for hydroxylation is 3. The first kappa shape index (κ1) is 23.1. The largest absolute Gasteiger partial charge is 0.497 e. The maximum absolute atomic E-state index is 13.2. The van der Waals surface area contributed by atoms with Crippen LogP contribution >= 0.6 is 11.3 Å². The fraction of sp³-hybridized carbons (Fsp3) is 0.250. The number of carbonyl (C=O) groups is 2. The number of anilines is 2. The molecule has 6 nitrogen and oxygen atoms in total. The van der Waals surface area contributed by atoms with Crippen molar-refractivity contribution in [1.82, 2.24) is 4.98 Å². The van der Waals surface area contributed by atoms with E-state index in [1.807, 2.05) is 57.2 Å². The number of thiazole rings is 1. The maximum atomic E-state index is 13.2. The topological polar surface area (TPSA) is 80.3 Å². The third-order valence-corrected chi connectivity index (χ3v) is 7.55. The highest BCUT2D eigenvalue weighted by atomic mass is 32.1. The van der Waals surface area contributed by atoms with Crippen molar-refractivity contribution in [3.05, 3.63) is 82.4 Å². The van der Waals surface area contributed by atoms with Crippen molar-refractivity contribution < 1.29 is 14.3 Å². The van der Waals surface area contributed by atoms with Crippen LogP contribution in [0.15, 0.2) is 54.6 Å². The van der Waals surface area contributed by atoms with E-state index in [4.69, 9.17) is 4.74 Å². The highest BCUT2D eigenvalue weighted by molar-refractivity contribution is 7.22. The Morgan fingerprint density at radius 1 is 0.943 bits per heavy atom. The molecule has 0 bridgehead atoms. The molecule has 1 aliphatic rings. The Bertz CT molecular complexity index is 1430. The third-order valence-electron chi connectivity index (χ3n) is 6.61. The summed E-state index contributed by atoms with van der Waals surface area (Å²) in [6.07, 6.45) is 1.61. The van der Waals surface area contributed by atoms with Crippen molar-refractivity contribution in [2.45, 2.75) is 39.0 Å². The van der Waals surface area contributed by atoms with Gasteiger partial charge in [0, 0.05) is 11.3 Å². The molecule has 178 valence electrons. The summed E-state index contributed by atoms with van der Waals surface area (Å²) in [4.78, 5) is 30.7. The van der Waals surface area contributed by atoms with Crippen LogP contribution in [-0.4, -0.2) is 23.9 Å². The molecule has 2 N–H and O–H groups in total. The number of nitrogens with one attached hydrogen (secondary N) is 2. The van der Waals surface area contributed by atoms with Crippen molar-refractivity contribution in [1.29, 1.82) is 0 Å². The van der Waals surface area contributed by atoms with Crippen LogP contribution in [0.2, 0.25) is 0 Å². The summed E-state index contributed by atoms with van der Waals surface area (Å²) in [6, 6.07) is 17.2. The van der Waals surface area contributed by atoms with Gasteiger partial charge >= 0.3 is 0 Å². The minimum atomic E-state index is -0.515. The fourth-order valence-electron chi connectivity index (χ4n) is 4.58. The number of nitrogens with zero attached hydrogens (tertiary/aromatic N) is 1. The zero-order valence-electron chi connectivity index (χ0n) is 20.2. The van der Waals surface area contributed by atoms with Crippen LogP contribution < -0.4 is 15.4 Å². The monoisotopic (exact) mass is 485 g/mol. The van der Waals surface area contributed by atoms with Crippen LogP contribution in [0.3, 0.4) is 0 Å². The Hall–Kier alpha value is -3.71. The lowest BCUT2D eigenvalue weighted by atomic mass is 9.95. The minimum Gasteiger partial charge on any atom is -0.497 e. The zero-order chi connectivity index (χ0) is 24.7. The van der Waals surface area contributed by atoms with Crippen molar-refractivity contribution in [2.75, 3.05) is 17.7 Å². The van der Waals surface area contributed by atoms with Crippen molar-refractivity contribution in [2.24, 2.45) is 0 Å². The highest BCUT2D eigenvalue weighted by Crippen LogP contribution is 2.49. The number of hydrogen-bond donors (Lipinski definition) is 2. The molecular weight excluding hydrogens is 458 g/mol. The summed E-state index contributed by atoms with van der Waals surface area (Å²) in [5.41, 5.74) is 5.84. The molecule has 0 radical (unpaired) electrons. The predicted molar refractivity (Wildman–Crippen MR) is 141 cm³/mol. The fourth-order valence-corrected chi connectivity index (χ4v) is 5.48. The molecule has 1 aromatic heterocycles. The predicted octanol–water partition coefficient (Wildman–Crippen LogP) is 6.15. The number of amides is 2. The lowest BCUT2D eigenvalue weighted by Crippen LogP contribution is -2.27. The maximum Gasteiger partial charge on any atom is 0.255 e. The standard InChI is InChI=1S/C28H27N3O3S/c1-16-13-17(2)24(18(3)14-16)30-25(32)19-5-10-22-23(15-19)35-27(29-22)31-26(33)28(11-12-28)20-6-8-21(34-4)9-7-20/h5-10,13-15H,11-12H2,1-4H3,(H,30,32)(H,29,31,33). The summed E-state index contributed by atoms with van der Waals surface area (Å²) in [7, 11) is 1.63. The molecule has 1 fully saturated rings. The molecule has 7 heteroatoms. The Morgan fingerprint density at radius 2 is 1.63 bits per heavy atom. The van der Waals surface area contributed by atoms with Gasteiger partial charge in [-0.15, -0.1) is 0 Å². The van der Waals surface area contributed by atoms with Gasteiger partial charge in [0.15, 0.2) is 5.13 Å². The van der Waals surface area contributed by atoms with Crippen molar-refractivity contribution in [3.63, 3.8) is 0 Å². The zero-order valence-corrected chi connectivity index (χ0v) is 21.0. The molecule has 35 heavy (non-hydrogen) atoms. The van der Waals surface area contributed by atoms with Gasteiger partial charge in [0.1, 0.15) is 5.75 Å². The molecule has 0 atom stereocenters. The van der Waals surface area contributed by atoms with E-state index in [-0.39, 0.29) is 11.8 Å². The number of rotatable bonds is 6. The van der Waals surface area contributed by atoms with Crippen molar-refractivity contribution >= 4 is 44.2 Å². The average molecular weight is 486 g/mol. The SMILES string of the molecule is COc1ccc(C2(C(=O)Nc3nc4ccc(C(=O)Nc5c(C)cc(C)cc5C)cc4s3)CC2)cc1. The summed E-state index contributed by atoms with van der Waals surface area (Å²) in [5.74, 6) is 0.547. The number of hydrogen-bond acceptors (Lipinski definition) is 5. The summed E-state index contributed by atoms with van der Waals surface area (Å²) in [5, 5.41) is 6.59. The number of benzene rings is 3. The molecule has 0 aliphatic heterocycles. The normalized spacial score (nSPS) is 13.9. The van der Waals surface area contributed by atoms with E-state index < -0.39 is 5.41 Å². The number of aromatic nitrogens is 1. The van der Waals surface area contributed by atoms with Crippen LogP contribution in [-0.2, 0) is 10.2 Å². The van der Waals surface area contributed by atoms with Crippen LogP contribution in [0.5, 0.6) is 5.75 Å². The molecule has 0 saturated heterocycles. The summed E-state index contributed by atoms with van der Waals surface area (Å²) >= 11 is 1.37. The van der Waals surface area contributed by atoms with Crippen LogP contribution in [0, 0.1) is 20.8 Å². The lowest BCUT2D eigenvalue weighted by molar-refractivity contribution is -0.118. The Kier molecular flexibility index (Phi) is 5.81. The van der Waals surface area contributed by atoms with Gasteiger partial charge in [-0.05, 0) is 80.6 Å². The first-order valence-electron chi connectivity index (χ1n) is 11.5. The first-order valence-corrected chi connectivity index (χ1v) is 12.4. The Balaban J connectivity index is 1.33. The van der Waals surface area contributed by atoms with Gasteiger partial charge in [-0.2, -0.15) is 0 Å². The molecule has 5 rings (SSSR count). The lowest BCUT2D eigenvalue weighted by Gasteiger charge is -2.15. The van der Waals surface area contributed by atoms with E-state index in [0.29, 0.717) is 10.7 Å². The van der Waals surface area contributed by atoms with E-state index in [2.05, 4.69) is 27.8 Å². The second-order valence-electron chi connectivity index (χ2n) is 9.19. The van der Waals surface area contributed by atoms with Gasteiger partial charge in [-0.25, -0.2) is 4.98 Å². The van der Waals surface area contributed by atoms with Gasteiger partial charge in [-0.1, -0.05) is 41.2 Å². The molecule has 1 saturated carbocycles. The van der Waals surface area contributed by atoms with Gasteiger partial charge in [0.05, 0.1) is 22.7 Å². The number of ether oxygens (including phenoxy) is 1. The third kappa shape index (κ3) is 4.39. The molecule has 2 amide bonds. The molecular formula is C28H27N3O3S. The second-order valence-corrected chi connectivity index (χ2v) is 10.2. The molecule has 1 heterocycles. The summed E-state index contributed by atoms with van der Waals surface area (Å²) in [6.45, 7) is 6.03. The molecule has 3 aromatic carbocycles. The van der Waals surface area contributed by atoms with E-state index >= 15 is 0 Å². The Morgan fingerprint density at radius 3 is 2.26 bits per heavy atom. The molecule has 4 aromatic rings. The average Bonchev–Trinajstić information content (AvgIpc) is 3.55. The van der Waals surface area contributed by atoms with E-state index in [1.54, 1.807) is 13.2 Å². The second kappa shape index (κ2) is 8.82. The molecule has 0 unspecified atom stereocenters. The summed E-state index contributed by atoms with van der Waals surface area (Å²) < 4.78 is 6.08. The minimum absolute atomic E-state index is 0.0509. The smallest absolute Gasteiger partial charge is 0.255 e. The molecule has 0 spiro atoms. The van der Waals surface area contributed by atoms with Gasteiger partial charge < -0.3 is 15.4 Å². The van der Waals surface area contributed by atoms with E-state index in [0.717, 1.165) is 51.2 Å². The number of carbonyl (C=O) groups excluding carboxylic acids is 2. The van der Waals surface area contributed by atoms with Crippen molar-refractivity contribution in [3.8, 4) is 5.75 Å². The van der Waals surface area contributed by atoms with E-state index in [1.165, 1.54) is 16.9 Å². The quantitative estimate of drug-likeness (QED) is 0.343. The number of methoxy groups -OCH3 is 1. The van der Waals surface area contributed by atoms with Crippen LogP contribution in [0.25, 0.3) is 10.2 Å². The van der Waals surface area contributed by atoms with Crippen LogP contribution in [0.4, 0.5) is 10.8 Å². The van der Waals surface area contributed by atoms with Gasteiger partial charge in [-0.3, -0.25) is 9.59 Å². The van der Waals surface area contributed by atoms with Gasteiger partial charge in [0.2, 0.25) is 5.91 Å².